The number of halogens is 1. The summed E-state index contributed by atoms with van der Waals surface area (Å²) in [6.07, 6.45) is 0.0742. The van der Waals surface area contributed by atoms with Gasteiger partial charge in [-0.1, -0.05) is 12.1 Å². The Balaban J connectivity index is 1.62. The number of nitrogens with zero attached hydrogens (tertiary/aromatic N) is 3. The maximum absolute atomic E-state index is 13.7. The predicted molar refractivity (Wildman–Crippen MR) is 103 cm³/mol. The molecule has 1 atom stereocenters. The van der Waals surface area contributed by atoms with Gasteiger partial charge in [-0.2, -0.15) is 5.10 Å². The van der Waals surface area contributed by atoms with E-state index in [1.807, 2.05) is 0 Å². The molecular formula is C19H19FN6O3. The number of nitrogens with one attached hydrogen (secondary N) is 2. The van der Waals surface area contributed by atoms with Crippen molar-refractivity contribution in [2.75, 3.05) is 11.9 Å². The molecule has 1 aliphatic heterocycles. The molecule has 3 aromatic rings. The Labute approximate surface area is 164 Å². The van der Waals surface area contributed by atoms with Crippen LogP contribution in [0.5, 0.6) is 0 Å². The number of carbonyl (C=O) groups excluding carboxylic acids is 1. The number of urea groups is 1. The lowest BCUT2D eigenvalue weighted by atomic mass is 10.0. The molecule has 4 rings (SSSR count). The first-order valence-electron chi connectivity index (χ1n) is 8.96. The normalized spacial score (nSPS) is 14.4. The first kappa shape index (κ1) is 18.8. The van der Waals surface area contributed by atoms with Gasteiger partial charge in [-0.15, -0.1) is 0 Å². The van der Waals surface area contributed by atoms with E-state index < -0.39 is 12.0 Å². The average molecular weight is 398 g/mol. The second kappa shape index (κ2) is 7.49. The van der Waals surface area contributed by atoms with Gasteiger partial charge in [0.2, 0.25) is 5.56 Å². The molecule has 3 heterocycles. The number of hydrogen-bond acceptors (Lipinski definition) is 5. The summed E-state index contributed by atoms with van der Waals surface area (Å²) in [5, 5.41) is 17.3. The van der Waals surface area contributed by atoms with Crippen LogP contribution in [-0.4, -0.2) is 37.3 Å². The minimum absolute atomic E-state index is 0.168. The van der Waals surface area contributed by atoms with Crippen molar-refractivity contribution in [3.8, 4) is 11.3 Å². The highest BCUT2D eigenvalue weighted by atomic mass is 19.1. The first-order valence-corrected chi connectivity index (χ1v) is 8.96. The van der Waals surface area contributed by atoms with Gasteiger partial charge < -0.3 is 26.0 Å². The molecule has 0 saturated carbocycles. The predicted octanol–water partition coefficient (Wildman–Crippen LogP) is 1.37. The van der Waals surface area contributed by atoms with E-state index >= 15 is 0 Å². The van der Waals surface area contributed by atoms with Crippen LogP contribution < -0.4 is 16.6 Å². The van der Waals surface area contributed by atoms with Gasteiger partial charge >= 0.3 is 6.03 Å². The van der Waals surface area contributed by atoms with Crippen LogP contribution in [0.25, 0.3) is 11.3 Å². The van der Waals surface area contributed by atoms with E-state index in [4.69, 9.17) is 5.73 Å². The van der Waals surface area contributed by atoms with Crippen molar-refractivity contribution in [1.29, 1.82) is 0 Å². The molecule has 2 amide bonds. The molecule has 0 bridgehead atoms. The van der Waals surface area contributed by atoms with Crippen LogP contribution in [0.1, 0.15) is 17.5 Å². The molecule has 1 aromatic carbocycles. The average Bonchev–Trinajstić information content (AvgIpc) is 3.08. The second-order valence-corrected chi connectivity index (χ2v) is 6.68. The van der Waals surface area contributed by atoms with E-state index in [1.54, 1.807) is 21.7 Å². The van der Waals surface area contributed by atoms with Gasteiger partial charge in [-0.05, 0) is 18.2 Å². The Morgan fingerprint density at radius 3 is 2.83 bits per heavy atom. The number of amides is 2. The lowest BCUT2D eigenvalue weighted by molar-refractivity contribution is 0.176. The molecule has 0 spiro atoms. The summed E-state index contributed by atoms with van der Waals surface area (Å²) in [4.78, 5) is 27.8. The molecule has 0 saturated heterocycles. The number of rotatable bonds is 3. The number of aromatic amines is 1. The van der Waals surface area contributed by atoms with Crippen molar-refractivity contribution in [3.63, 3.8) is 0 Å². The molecule has 0 aliphatic carbocycles. The zero-order valence-corrected chi connectivity index (χ0v) is 15.3. The molecule has 10 heteroatoms. The quantitative estimate of drug-likeness (QED) is 0.495. The van der Waals surface area contributed by atoms with E-state index in [-0.39, 0.29) is 18.1 Å². The summed E-state index contributed by atoms with van der Waals surface area (Å²) < 4.78 is 15.3. The van der Waals surface area contributed by atoms with Gasteiger partial charge in [0.1, 0.15) is 12.0 Å². The molecular weight excluding hydrogens is 379 g/mol. The van der Waals surface area contributed by atoms with Gasteiger partial charge in [0, 0.05) is 29.9 Å². The number of aliphatic hydroxyl groups is 1. The summed E-state index contributed by atoms with van der Waals surface area (Å²) in [5.41, 5.74) is 7.78. The lowest BCUT2D eigenvalue weighted by Gasteiger charge is -2.28. The third-order valence-electron chi connectivity index (χ3n) is 4.74. The number of aliphatic hydroxyl groups excluding tert-OH is 1. The topological polar surface area (TPSA) is 129 Å². The smallest absolute Gasteiger partial charge is 0.322 e. The lowest BCUT2D eigenvalue weighted by Crippen LogP contribution is -2.41. The van der Waals surface area contributed by atoms with Crippen molar-refractivity contribution < 1.29 is 14.3 Å². The third-order valence-corrected chi connectivity index (χ3v) is 4.74. The SMILES string of the molecule is NC(O)c1c(-c2cccc(F)c2)nn2c1CN(C(=O)Nc1ccc(=O)[nH]c1)CC2. The van der Waals surface area contributed by atoms with E-state index in [1.165, 1.54) is 30.5 Å². The standard InChI is InChI=1S/C19H19FN6O3/c20-12-3-1-2-11(8-12)17-16(18(21)28)14-10-25(6-7-26(14)24-17)19(29)23-13-4-5-15(27)22-9-13/h1-5,8-9,18,28H,6-7,10,21H2,(H,22,27)(H,23,29). The summed E-state index contributed by atoms with van der Waals surface area (Å²) in [6.45, 7) is 0.942. The van der Waals surface area contributed by atoms with Gasteiger partial charge in [-0.3, -0.25) is 9.48 Å². The highest BCUT2D eigenvalue weighted by molar-refractivity contribution is 5.89. The number of nitrogens with two attached hydrogens (primary N) is 1. The fraction of sp³-hybridized carbons (Fsp3) is 0.211. The molecule has 5 N–H and O–H groups in total. The minimum atomic E-state index is -1.33. The maximum Gasteiger partial charge on any atom is 0.322 e. The highest BCUT2D eigenvalue weighted by Gasteiger charge is 2.29. The Kier molecular flexibility index (Phi) is 4.87. The van der Waals surface area contributed by atoms with Gasteiger partial charge in [0.25, 0.3) is 0 Å². The Morgan fingerprint density at radius 2 is 2.14 bits per heavy atom. The van der Waals surface area contributed by atoms with E-state index in [2.05, 4.69) is 15.4 Å². The van der Waals surface area contributed by atoms with Crippen LogP contribution in [0.3, 0.4) is 0 Å². The van der Waals surface area contributed by atoms with Crippen LogP contribution >= 0.6 is 0 Å². The summed E-state index contributed by atoms with van der Waals surface area (Å²) in [5.74, 6) is -0.423. The van der Waals surface area contributed by atoms with Crippen LogP contribution in [-0.2, 0) is 13.1 Å². The zero-order valence-electron chi connectivity index (χ0n) is 15.3. The molecule has 1 aliphatic rings. The Morgan fingerprint density at radius 1 is 1.31 bits per heavy atom. The van der Waals surface area contributed by atoms with Crippen LogP contribution in [0, 0.1) is 5.82 Å². The molecule has 0 radical (unpaired) electrons. The summed E-state index contributed by atoms with van der Waals surface area (Å²) in [7, 11) is 0. The number of benzene rings is 1. The molecule has 150 valence electrons. The number of anilines is 1. The Bertz CT molecular complexity index is 1100. The number of carbonyl (C=O) groups is 1. The Hall–Kier alpha value is -3.50. The molecule has 0 fully saturated rings. The number of pyridine rings is 1. The second-order valence-electron chi connectivity index (χ2n) is 6.68. The number of fused-ring (bicyclic) bond motifs is 1. The number of hydrogen-bond donors (Lipinski definition) is 4. The van der Waals surface area contributed by atoms with Gasteiger partial charge in [0.05, 0.1) is 30.2 Å². The monoisotopic (exact) mass is 398 g/mol. The molecule has 1 unspecified atom stereocenters. The first-order chi connectivity index (χ1) is 13.9. The van der Waals surface area contributed by atoms with Crippen molar-refractivity contribution in [2.24, 2.45) is 5.73 Å². The summed E-state index contributed by atoms with van der Waals surface area (Å²) in [6, 6.07) is 8.33. The van der Waals surface area contributed by atoms with Gasteiger partial charge in [0.15, 0.2) is 0 Å². The third kappa shape index (κ3) is 3.75. The number of aromatic nitrogens is 3. The van der Waals surface area contributed by atoms with Gasteiger partial charge in [-0.25, -0.2) is 9.18 Å². The van der Waals surface area contributed by atoms with Crippen molar-refractivity contribution in [1.82, 2.24) is 19.7 Å². The maximum atomic E-state index is 13.7. The van der Waals surface area contributed by atoms with Crippen molar-refractivity contribution in [3.05, 3.63) is 70.0 Å². The minimum Gasteiger partial charge on any atom is -0.374 e. The molecule has 2 aromatic heterocycles. The fourth-order valence-electron chi connectivity index (χ4n) is 3.36. The highest BCUT2D eigenvalue weighted by Crippen LogP contribution is 2.31. The molecule has 29 heavy (non-hydrogen) atoms. The largest absolute Gasteiger partial charge is 0.374 e. The van der Waals surface area contributed by atoms with Crippen LogP contribution in [0.15, 0.2) is 47.4 Å². The van der Waals surface area contributed by atoms with Crippen LogP contribution in [0.4, 0.5) is 14.9 Å². The van der Waals surface area contributed by atoms with E-state index in [9.17, 15) is 19.1 Å². The van der Waals surface area contributed by atoms with E-state index in [0.29, 0.717) is 41.3 Å². The zero-order chi connectivity index (χ0) is 20.5. The summed E-state index contributed by atoms with van der Waals surface area (Å²) >= 11 is 0. The van der Waals surface area contributed by atoms with Crippen molar-refractivity contribution in [2.45, 2.75) is 19.3 Å². The molecule has 9 nitrogen and oxygen atoms in total. The number of H-pyrrole nitrogens is 1. The van der Waals surface area contributed by atoms with E-state index in [0.717, 1.165) is 0 Å². The van der Waals surface area contributed by atoms with Crippen molar-refractivity contribution >= 4 is 11.7 Å². The van der Waals surface area contributed by atoms with Crippen LogP contribution in [0.2, 0.25) is 0 Å². The fourth-order valence-corrected chi connectivity index (χ4v) is 3.36.